The van der Waals surface area contributed by atoms with E-state index in [1.165, 1.54) is 154 Å². The van der Waals surface area contributed by atoms with E-state index in [4.69, 9.17) is 0 Å². The highest BCUT2D eigenvalue weighted by Gasteiger charge is 2.20. The van der Waals surface area contributed by atoms with Gasteiger partial charge >= 0.3 is 0 Å². The molecule has 0 heterocycles. The second-order valence-corrected chi connectivity index (χ2v) is 19.0. The summed E-state index contributed by atoms with van der Waals surface area (Å²) in [5.41, 5.74) is 0. The van der Waals surface area contributed by atoms with Crippen molar-refractivity contribution in [3.8, 4) is 0 Å². The summed E-state index contributed by atoms with van der Waals surface area (Å²) in [6.07, 6.45) is 86.4. The minimum absolute atomic E-state index is 0.0402. The summed E-state index contributed by atoms with van der Waals surface area (Å²) in [6.45, 7) is 4.25. The number of aliphatic hydroxyl groups is 2. The van der Waals surface area contributed by atoms with Gasteiger partial charge in [0.15, 0.2) is 0 Å². The van der Waals surface area contributed by atoms with Gasteiger partial charge in [0.2, 0.25) is 5.91 Å². The highest BCUT2D eigenvalue weighted by molar-refractivity contribution is 5.76. The quantitative estimate of drug-likeness (QED) is 0.0420. The Morgan fingerprint density at radius 3 is 0.985 bits per heavy atom. The van der Waals surface area contributed by atoms with Crippen LogP contribution in [0.15, 0.2) is 109 Å². The molecule has 0 aliphatic rings. The second-order valence-electron chi connectivity index (χ2n) is 19.0. The lowest BCUT2D eigenvalue weighted by atomic mass is 10.0. The summed E-state index contributed by atoms with van der Waals surface area (Å²) in [5.74, 6) is -0.0402. The van der Waals surface area contributed by atoms with Crippen LogP contribution in [0, 0.1) is 0 Å². The van der Waals surface area contributed by atoms with Crippen molar-refractivity contribution < 1.29 is 15.0 Å². The molecular formula is C63H109NO3. The molecule has 3 N–H and O–H groups in total. The van der Waals surface area contributed by atoms with Crippen molar-refractivity contribution >= 4 is 5.91 Å². The van der Waals surface area contributed by atoms with Crippen LogP contribution in [0.25, 0.3) is 0 Å². The van der Waals surface area contributed by atoms with Gasteiger partial charge in [0.1, 0.15) is 0 Å². The zero-order chi connectivity index (χ0) is 48.5. The van der Waals surface area contributed by atoms with E-state index in [9.17, 15) is 15.0 Å². The molecule has 0 bridgehead atoms. The Morgan fingerprint density at radius 2 is 0.657 bits per heavy atom. The number of allylic oxidation sites excluding steroid dienone is 18. The predicted octanol–water partition coefficient (Wildman–Crippen LogP) is 19.1. The van der Waals surface area contributed by atoms with Gasteiger partial charge < -0.3 is 15.5 Å². The molecule has 4 heteroatoms. The molecule has 0 radical (unpaired) electrons. The lowest BCUT2D eigenvalue weighted by Gasteiger charge is -2.22. The number of aliphatic hydroxyl groups excluding tert-OH is 2. The Labute approximate surface area is 416 Å². The molecule has 0 aromatic rings. The summed E-state index contributed by atoms with van der Waals surface area (Å²) in [7, 11) is 0. The SMILES string of the molecule is CC/C=C\C/C=C\C/C=C\C/C=C\C/C=C\C/C=C\C/C=C\C/C=C\C/C=C\CCCCCCCCCCCC(=O)NC(CO)C(O)CCCCCCCCCCCCCCCCCCCC. The van der Waals surface area contributed by atoms with Crippen LogP contribution in [0.5, 0.6) is 0 Å². The van der Waals surface area contributed by atoms with Crippen LogP contribution in [0.2, 0.25) is 0 Å². The van der Waals surface area contributed by atoms with Gasteiger partial charge in [0, 0.05) is 6.42 Å². The zero-order valence-corrected chi connectivity index (χ0v) is 44.1. The molecule has 0 aliphatic carbocycles. The zero-order valence-electron chi connectivity index (χ0n) is 44.1. The van der Waals surface area contributed by atoms with Crippen molar-refractivity contribution in [1.29, 1.82) is 0 Å². The van der Waals surface area contributed by atoms with Gasteiger partial charge in [-0.25, -0.2) is 0 Å². The van der Waals surface area contributed by atoms with Crippen LogP contribution in [-0.4, -0.2) is 34.9 Å². The maximum atomic E-state index is 12.5. The normalized spacial score (nSPS) is 13.7. The molecular weight excluding hydrogens is 819 g/mol. The highest BCUT2D eigenvalue weighted by atomic mass is 16.3. The van der Waals surface area contributed by atoms with Gasteiger partial charge in [-0.05, 0) is 83.5 Å². The van der Waals surface area contributed by atoms with Gasteiger partial charge in [-0.15, -0.1) is 0 Å². The van der Waals surface area contributed by atoms with Crippen LogP contribution in [0.1, 0.15) is 264 Å². The van der Waals surface area contributed by atoms with E-state index >= 15 is 0 Å². The van der Waals surface area contributed by atoms with E-state index < -0.39 is 12.1 Å². The van der Waals surface area contributed by atoms with Crippen LogP contribution in [0.3, 0.4) is 0 Å². The molecule has 0 spiro atoms. The third-order valence-electron chi connectivity index (χ3n) is 12.5. The Kier molecular flexibility index (Phi) is 54.8. The van der Waals surface area contributed by atoms with E-state index in [-0.39, 0.29) is 12.5 Å². The molecule has 4 nitrogen and oxygen atoms in total. The van der Waals surface area contributed by atoms with Crippen LogP contribution >= 0.6 is 0 Å². The van der Waals surface area contributed by atoms with E-state index in [0.717, 1.165) is 83.5 Å². The van der Waals surface area contributed by atoms with Gasteiger partial charge in [-0.3, -0.25) is 4.79 Å². The first-order chi connectivity index (χ1) is 33.2. The van der Waals surface area contributed by atoms with E-state index in [1.54, 1.807) is 0 Å². The maximum Gasteiger partial charge on any atom is 0.220 e. The largest absolute Gasteiger partial charge is 0.394 e. The number of carbonyl (C=O) groups is 1. The lowest BCUT2D eigenvalue weighted by molar-refractivity contribution is -0.123. The van der Waals surface area contributed by atoms with E-state index in [0.29, 0.717) is 12.8 Å². The van der Waals surface area contributed by atoms with Gasteiger partial charge in [0.25, 0.3) is 0 Å². The molecule has 0 aromatic carbocycles. The van der Waals surface area contributed by atoms with Crippen LogP contribution < -0.4 is 5.32 Å². The topological polar surface area (TPSA) is 69.6 Å². The minimum Gasteiger partial charge on any atom is -0.394 e. The molecule has 0 saturated carbocycles. The number of unbranched alkanes of at least 4 members (excludes halogenated alkanes) is 26. The van der Waals surface area contributed by atoms with Gasteiger partial charge in [-0.2, -0.15) is 0 Å². The number of rotatable bonds is 51. The fourth-order valence-electron chi connectivity index (χ4n) is 8.24. The van der Waals surface area contributed by atoms with Gasteiger partial charge in [-0.1, -0.05) is 284 Å². The first kappa shape index (κ1) is 64.0. The second kappa shape index (κ2) is 57.4. The fraction of sp³-hybridized carbons (Fsp3) is 0.698. The Morgan fingerprint density at radius 1 is 0.373 bits per heavy atom. The number of nitrogens with one attached hydrogen (secondary N) is 1. The summed E-state index contributed by atoms with van der Waals surface area (Å²) < 4.78 is 0. The van der Waals surface area contributed by atoms with Crippen molar-refractivity contribution in [3.05, 3.63) is 109 Å². The molecule has 2 unspecified atom stereocenters. The highest BCUT2D eigenvalue weighted by Crippen LogP contribution is 2.16. The fourth-order valence-corrected chi connectivity index (χ4v) is 8.24. The molecule has 67 heavy (non-hydrogen) atoms. The van der Waals surface area contributed by atoms with Crippen LogP contribution in [0.4, 0.5) is 0 Å². The monoisotopic (exact) mass is 928 g/mol. The molecule has 0 saturated heterocycles. The predicted molar refractivity (Wildman–Crippen MR) is 299 cm³/mol. The molecule has 0 aliphatic heterocycles. The van der Waals surface area contributed by atoms with E-state index in [1.807, 2.05) is 0 Å². The summed E-state index contributed by atoms with van der Waals surface area (Å²) in [5, 5.41) is 23.3. The van der Waals surface area contributed by atoms with Crippen molar-refractivity contribution in [2.75, 3.05) is 6.61 Å². The smallest absolute Gasteiger partial charge is 0.220 e. The molecule has 0 aromatic heterocycles. The maximum absolute atomic E-state index is 12.5. The Bertz CT molecular complexity index is 1280. The Hall–Kier alpha value is -2.95. The third kappa shape index (κ3) is 53.9. The van der Waals surface area contributed by atoms with Crippen molar-refractivity contribution in [2.45, 2.75) is 276 Å². The number of amides is 1. The summed E-state index contributed by atoms with van der Waals surface area (Å²) in [6, 6.07) is -0.547. The molecule has 384 valence electrons. The van der Waals surface area contributed by atoms with Crippen molar-refractivity contribution in [3.63, 3.8) is 0 Å². The van der Waals surface area contributed by atoms with Crippen molar-refractivity contribution in [1.82, 2.24) is 5.32 Å². The number of hydrogen-bond acceptors (Lipinski definition) is 3. The van der Waals surface area contributed by atoms with Gasteiger partial charge in [0.05, 0.1) is 18.8 Å². The lowest BCUT2D eigenvalue weighted by Crippen LogP contribution is -2.45. The molecule has 0 rings (SSSR count). The molecule has 2 atom stereocenters. The summed E-state index contributed by atoms with van der Waals surface area (Å²) in [4.78, 5) is 12.5. The number of carbonyl (C=O) groups excluding carboxylic acids is 1. The average molecular weight is 929 g/mol. The average Bonchev–Trinajstić information content (AvgIpc) is 3.33. The van der Waals surface area contributed by atoms with Crippen molar-refractivity contribution in [2.24, 2.45) is 0 Å². The molecule has 0 fully saturated rings. The Balaban J connectivity index is 3.58. The number of hydrogen-bond donors (Lipinski definition) is 3. The van der Waals surface area contributed by atoms with E-state index in [2.05, 4.69) is 129 Å². The third-order valence-corrected chi connectivity index (χ3v) is 12.5. The standard InChI is InChI=1S/C63H109NO3/c1-3-5-7-9-11-13-15-17-19-21-23-24-25-26-27-28-29-30-31-32-33-34-35-36-37-38-39-40-41-43-45-47-49-51-53-55-57-59-63(67)64-61(60-65)62(66)58-56-54-52-50-48-46-44-42-22-20-18-16-14-12-10-8-6-4-2/h5,7,11,13,17,19,23-24,26-27,29-30,32-33,35-36,38-39,61-62,65-66H,3-4,6,8-10,12,14-16,18,20-22,25,28,31,34,37,40-60H2,1-2H3,(H,64,67)/b7-5-,13-11-,19-17-,24-23-,27-26-,30-29-,33-32-,36-35-,39-38-. The first-order valence-electron chi connectivity index (χ1n) is 28.6. The summed E-state index contributed by atoms with van der Waals surface area (Å²) >= 11 is 0. The minimum atomic E-state index is -0.669. The first-order valence-corrected chi connectivity index (χ1v) is 28.6. The van der Waals surface area contributed by atoms with Crippen LogP contribution in [-0.2, 0) is 4.79 Å². The molecule has 1 amide bonds.